The molecule has 2 fully saturated rings. The molecule has 1 amide bonds. The molecule has 1 atom stereocenters. The Hall–Kier alpha value is -1.50. The maximum atomic E-state index is 12.9. The first kappa shape index (κ1) is 17.9. The van der Waals surface area contributed by atoms with Gasteiger partial charge in [0.2, 0.25) is 0 Å². The van der Waals surface area contributed by atoms with Gasteiger partial charge in [-0.05, 0) is 42.1 Å². The minimum Gasteiger partial charge on any atom is -0.378 e. The van der Waals surface area contributed by atoms with E-state index in [2.05, 4.69) is 34.5 Å². The van der Waals surface area contributed by atoms with Gasteiger partial charge in [0.25, 0.3) is 5.91 Å². The molecule has 0 saturated carbocycles. The van der Waals surface area contributed by atoms with Gasteiger partial charge in [-0.2, -0.15) is 11.8 Å². The number of thioether (sulfide) groups is 1. The molecule has 0 unspecified atom stereocenters. The van der Waals surface area contributed by atoms with E-state index in [-0.39, 0.29) is 5.91 Å². The zero-order chi connectivity index (χ0) is 17.8. The van der Waals surface area contributed by atoms with Crippen LogP contribution in [0, 0.1) is 0 Å². The SMILES string of the molecule is O=C(c1ccc(N2CCOCC2)cc1)N1CCS[C@H](c2cccs2)CC1. The molecular weight excluding hydrogens is 364 g/mol. The molecule has 0 N–H and O–H groups in total. The molecule has 4 rings (SSSR count). The number of hydrogen-bond donors (Lipinski definition) is 0. The number of thiophene rings is 1. The van der Waals surface area contributed by atoms with Crippen molar-refractivity contribution >= 4 is 34.7 Å². The standard InChI is InChI=1S/C20H24N2O2S2/c23-20(16-3-5-17(6-4-16)21-9-12-24-13-10-21)22-8-7-19(26-15-11-22)18-2-1-14-25-18/h1-6,14,19H,7-13,15H2/t19-/m0/s1. The molecule has 1 aromatic carbocycles. The first-order chi connectivity index (χ1) is 12.8. The Bertz CT molecular complexity index is 712. The van der Waals surface area contributed by atoms with Crippen LogP contribution in [0.25, 0.3) is 0 Å². The van der Waals surface area contributed by atoms with Crippen LogP contribution in [-0.4, -0.2) is 56.0 Å². The van der Waals surface area contributed by atoms with Crippen LogP contribution in [0.2, 0.25) is 0 Å². The van der Waals surface area contributed by atoms with Gasteiger partial charge < -0.3 is 14.5 Å². The molecule has 0 bridgehead atoms. The summed E-state index contributed by atoms with van der Waals surface area (Å²) in [6.45, 7) is 5.05. The van der Waals surface area contributed by atoms with Crippen LogP contribution >= 0.6 is 23.1 Å². The third-order valence-electron chi connectivity index (χ3n) is 4.98. The van der Waals surface area contributed by atoms with Gasteiger partial charge in [-0.1, -0.05) is 6.07 Å². The van der Waals surface area contributed by atoms with E-state index in [9.17, 15) is 4.79 Å². The molecule has 4 nitrogen and oxygen atoms in total. The van der Waals surface area contributed by atoms with Crippen molar-refractivity contribution in [1.29, 1.82) is 0 Å². The molecule has 0 aliphatic carbocycles. The van der Waals surface area contributed by atoms with Crippen molar-refractivity contribution in [3.8, 4) is 0 Å². The van der Waals surface area contributed by atoms with Crippen LogP contribution in [-0.2, 0) is 4.74 Å². The fourth-order valence-corrected chi connectivity index (χ4v) is 5.73. The Kier molecular flexibility index (Phi) is 5.82. The van der Waals surface area contributed by atoms with Crippen molar-refractivity contribution in [3.05, 3.63) is 52.2 Å². The predicted molar refractivity (Wildman–Crippen MR) is 110 cm³/mol. The normalized spacial score (nSPS) is 21.5. The third kappa shape index (κ3) is 4.08. The lowest BCUT2D eigenvalue weighted by Gasteiger charge is -2.29. The molecule has 138 valence electrons. The topological polar surface area (TPSA) is 32.8 Å². The Labute approximate surface area is 163 Å². The zero-order valence-corrected chi connectivity index (χ0v) is 16.4. The van der Waals surface area contributed by atoms with Crippen LogP contribution in [0.5, 0.6) is 0 Å². The van der Waals surface area contributed by atoms with Gasteiger partial charge >= 0.3 is 0 Å². The first-order valence-corrected chi connectivity index (χ1v) is 11.1. The van der Waals surface area contributed by atoms with Crippen molar-refractivity contribution < 1.29 is 9.53 Å². The highest BCUT2D eigenvalue weighted by Crippen LogP contribution is 2.36. The molecule has 0 spiro atoms. The number of carbonyl (C=O) groups excluding carboxylic acids is 1. The third-order valence-corrected chi connectivity index (χ3v) is 7.43. The summed E-state index contributed by atoms with van der Waals surface area (Å²) < 4.78 is 5.41. The van der Waals surface area contributed by atoms with E-state index in [1.54, 1.807) is 0 Å². The second-order valence-electron chi connectivity index (χ2n) is 6.60. The minimum absolute atomic E-state index is 0.158. The summed E-state index contributed by atoms with van der Waals surface area (Å²) in [4.78, 5) is 18.7. The van der Waals surface area contributed by atoms with Gasteiger partial charge in [0.05, 0.1) is 13.2 Å². The molecule has 2 aliphatic heterocycles. The fraction of sp³-hybridized carbons (Fsp3) is 0.450. The van der Waals surface area contributed by atoms with Gasteiger partial charge in [-0.3, -0.25) is 4.79 Å². The number of anilines is 1. The van der Waals surface area contributed by atoms with Gasteiger partial charge in [-0.25, -0.2) is 0 Å². The van der Waals surface area contributed by atoms with E-state index in [0.29, 0.717) is 5.25 Å². The molecule has 0 radical (unpaired) electrons. The van der Waals surface area contributed by atoms with Crippen LogP contribution in [0.4, 0.5) is 5.69 Å². The lowest BCUT2D eigenvalue weighted by atomic mass is 10.1. The van der Waals surface area contributed by atoms with E-state index in [1.807, 2.05) is 40.1 Å². The monoisotopic (exact) mass is 388 g/mol. The van der Waals surface area contributed by atoms with Gasteiger partial charge in [0.1, 0.15) is 0 Å². The highest BCUT2D eigenvalue weighted by molar-refractivity contribution is 7.99. The van der Waals surface area contributed by atoms with Gasteiger partial charge in [0.15, 0.2) is 0 Å². The largest absolute Gasteiger partial charge is 0.378 e. The number of hydrogen-bond acceptors (Lipinski definition) is 5. The van der Waals surface area contributed by atoms with E-state index >= 15 is 0 Å². The van der Waals surface area contributed by atoms with Crippen molar-refractivity contribution in [3.63, 3.8) is 0 Å². The van der Waals surface area contributed by atoms with Crippen molar-refractivity contribution in [2.24, 2.45) is 0 Å². The Morgan fingerprint density at radius 1 is 1.04 bits per heavy atom. The maximum absolute atomic E-state index is 12.9. The average Bonchev–Trinajstić information content (AvgIpc) is 3.13. The van der Waals surface area contributed by atoms with Crippen molar-refractivity contribution in [1.82, 2.24) is 4.90 Å². The summed E-state index contributed by atoms with van der Waals surface area (Å²) in [5.41, 5.74) is 1.97. The molecule has 1 aromatic heterocycles. The van der Waals surface area contributed by atoms with E-state index < -0.39 is 0 Å². The van der Waals surface area contributed by atoms with Crippen molar-refractivity contribution in [2.45, 2.75) is 11.7 Å². The zero-order valence-electron chi connectivity index (χ0n) is 14.8. The first-order valence-electron chi connectivity index (χ1n) is 9.18. The molecule has 2 saturated heterocycles. The van der Waals surface area contributed by atoms with Gasteiger partial charge in [0, 0.05) is 53.3 Å². The number of benzene rings is 1. The summed E-state index contributed by atoms with van der Waals surface area (Å²) in [7, 11) is 0. The Morgan fingerprint density at radius 3 is 2.58 bits per heavy atom. The molecule has 2 aliphatic rings. The minimum atomic E-state index is 0.158. The molecule has 3 heterocycles. The number of ether oxygens (including phenoxy) is 1. The summed E-state index contributed by atoms with van der Waals surface area (Å²) in [5, 5.41) is 2.66. The number of amides is 1. The summed E-state index contributed by atoms with van der Waals surface area (Å²) in [5.74, 6) is 1.16. The average molecular weight is 389 g/mol. The van der Waals surface area contributed by atoms with Crippen LogP contribution in [0.1, 0.15) is 26.9 Å². The second kappa shape index (κ2) is 8.46. The lowest BCUT2D eigenvalue weighted by molar-refractivity contribution is 0.0766. The van der Waals surface area contributed by atoms with Gasteiger partial charge in [-0.15, -0.1) is 11.3 Å². The summed E-state index contributed by atoms with van der Waals surface area (Å²) in [6, 6.07) is 12.4. The molecule has 6 heteroatoms. The molecule has 26 heavy (non-hydrogen) atoms. The highest BCUT2D eigenvalue weighted by atomic mass is 32.2. The maximum Gasteiger partial charge on any atom is 0.253 e. The summed E-state index contributed by atoms with van der Waals surface area (Å²) in [6.07, 6.45) is 1.03. The van der Waals surface area contributed by atoms with E-state index in [4.69, 9.17) is 4.74 Å². The summed E-state index contributed by atoms with van der Waals surface area (Å²) >= 11 is 3.80. The van der Waals surface area contributed by atoms with Crippen LogP contribution < -0.4 is 4.90 Å². The number of carbonyl (C=O) groups is 1. The highest BCUT2D eigenvalue weighted by Gasteiger charge is 2.23. The van der Waals surface area contributed by atoms with E-state index in [0.717, 1.165) is 57.1 Å². The number of nitrogens with zero attached hydrogens (tertiary/aromatic N) is 2. The van der Waals surface area contributed by atoms with Crippen LogP contribution in [0.15, 0.2) is 41.8 Å². The number of morpholine rings is 1. The quantitative estimate of drug-likeness (QED) is 0.798. The number of rotatable bonds is 3. The predicted octanol–water partition coefficient (Wildman–Crippen LogP) is 3.91. The second-order valence-corrected chi connectivity index (χ2v) is 8.89. The van der Waals surface area contributed by atoms with Crippen LogP contribution in [0.3, 0.4) is 0 Å². The lowest BCUT2D eigenvalue weighted by Crippen LogP contribution is -2.36. The Balaban J connectivity index is 1.39. The Morgan fingerprint density at radius 2 is 1.85 bits per heavy atom. The smallest absolute Gasteiger partial charge is 0.253 e. The molecular formula is C20H24N2O2S2. The van der Waals surface area contributed by atoms with Crippen molar-refractivity contribution in [2.75, 3.05) is 50.0 Å². The fourth-order valence-electron chi connectivity index (χ4n) is 3.49. The molecule has 2 aromatic rings. The van der Waals surface area contributed by atoms with E-state index in [1.165, 1.54) is 10.6 Å².